The van der Waals surface area contributed by atoms with Gasteiger partial charge >= 0.3 is 12.1 Å². The van der Waals surface area contributed by atoms with E-state index in [9.17, 15) is 19.5 Å². The molecule has 7 heteroatoms. The summed E-state index contributed by atoms with van der Waals surface area (Å²) in [6.45, 7) is 4.19. The molecule has 35 heavy (non-hydrogen) atoms. The van der Waals surface area contributed by atoms with Crippen LogP contribution in [0.5, 0.6) is 0 Å². The van der Waals surface area contributed by atoms with Crippen molar-refractivity contribution in [2.45, 2.75) is 76.8 Å². The highest BCUT2D eigenvalue weighted by atomic mass is 16.5. The van der Waals surface area contributed by atoms with E-state index in [0.717, 1.165) is 47.9 Å². The van der Waals surface area contributed by atoms with Crippen LogP contribution in [0.4, 0.5) is 4.79 Å². The molecular weight excluding hydrogens is 444 g/mol. The summed E-state index contributed by atoms with van der Waals surface area (Å²) in [7, 11) is 0. The molecule has 2 atom stereocenters. The number of alkyl carbamates (subject to hydrolysis) is 1. The minimum atomic E-state index is -0.957. The van der Waals surface area contributed by atoms with Crippen molar-refractivity contribution < 1.29 is 24.2 Å². The Labute approximate surface area is 207 Å². The first-order chi connectivity index (χ1) is 16.9. The first kappa shape index (κ1) is 26.3. The lowest BCUT2D eigenvalue weighted by Gasteiger charge is -2.23. The maximum atomic E-state index is 13.0. The highest BCUT2D eigenvalue weighted by molar-refractivity contribution is 5.86. The third-order valence-corrected chi connectivity index (χ3v) is 6.47. The van der Waals surface area contributed by atoms with Gasteiger partial charge in [-0.15, -0.1) is 0 Å². The van der Waals surface area contributed by atoms with Gasteiger partial charge in [-0.05, 0) is 35.1 Å². The van der Waals surface area contributed by atoms with E-state index in [1.165, 1.54) is 0 Å². The van der Waals surface area contributed by atoms with Crippen LogP contribution in [0.3, 0.4) is 0 Å². The number of hydrogen-bond donors (Lipinski definition) is 3. The second kappa shape index (κ2) is 12.9. The first-order valence-corrected chi connectivity index (χ1v) is 12.6. The van der Waals surface area contributed by atoms with Crippen molar-refractivity contribution in [3.05, 3.63) is 59.7 Å². The third-order valence-electron chi connectivity index (χ3n) is 6.47. The molecule has 0 unspecified atom stereocenters. The molecule has 3 N–H and O–H groups in total. The van der Waals surface area contributed by atoms with Crippen LogP contribution >= 0.6 is 0 Å². The second-order valence-corrected chi connectivity index (χ2v) is 9.11. The minimum Gasteiger partial charge on any atom is -0.481 e. The van der Waals surface area contributed by atoms with Crippen molar-refractivity contribution in [1.82, 2.24) is 10.6 Å². The summed E-state index contributed by atoms with van der Waals surface area (Å²) in [4.78, 5) is 36.9. The van der Waals surface area contributed by atoms with Crippen molar-refractivity contribution >= 4 is 18.0 Å². The predicted octanol–water partition coefficient (Wildman–Crippen LogP) is 5.23. The number of amides is 2. The normalized spacial score (nSPS) is 13.9. The summed E-state index contributed by atoms with van der Waals surface area (Å²) in [6, 6.07) is 15.0. The predicted molar refractivity (Wildman–Crippen MR) is 135 cm³/mol. The van der Waals surface area contributed by atoms with Gasteiger partial charge in [0, 0.05) is 12.0 Å². The highest BCUT2D eigenvalue weighted by Gasteiger charge is 2.30. The Bertz CT molecular complexity index is 976. The van der Waals surface area contributed by atoms with Gasteiger partial charge in [0.1, 0.15) is 12.6 Å². The van der Waals surface area contributed by atoms with Gasteiger partial charge in [0.25, 0.3) is 0 Å². The number of nitrogens with one attached hydrogen (secondary N) is 2. The van der Waals surface area contributed by atoms with Crippen molar-refractivity contribution in [1.29, 1.82) is 0 Å². The van der Waals surface area contributed by atoms with E-state index in [1.54, 1.807) is 0 Å². The maximum absolute atomic E-state index is 13.0. The molecular formula is C28H36N2O5. The van der Waals surface area contributed by atoms with Gasteiger partial charge in [0.15, 0.2) is 0 Å². The Balaban J connectivity index is 1.63. The fraction of sp³-hybridized carbons (Fsp3) is 0.464. The molecule has 1 aliphatic carbocycles. The molecule has 2 aromatic carbocycles. The van der Waals surface area contributed by atoms with E-state index in [1.807, 2.05) is 38.1 Å². The van der Waals surface area contributed by atoms with Crippen LogP contribution in [0.25, 0.3) is 11.1 Å². The summed E-state index contributed by atoms with van der Waals surface area (Å²) < 4.78 is 5.61. The maximum Gasteiger partial charge on any atom is 0.407 e. The van der Waals surface area contributed by atoms with Crippen LogP contribution < -0.4 is 10.6 Å². The Morgan fingerprint density at radius 1 is 0.886 bits per heavy atom. The van der Waals surface area contributed by atoms with Crippen molar-refractivity contribution in [3.63, 3.8) is 0 Å². The van der Waals surface area contributed by atoms with Crippen molar-refractivity contribution in [3.8, 4) is 11.1 Å². The fourth-order valence-electron chi connectivity index (χ4n) is 4.65. The van der Waals surface area contributed by atoms with Crippen LogP contribution in [0.1, 0.15) is 75.8 Å². The van der Waals surface area contributed by atoms with Crippen LogP contribution in [-0.4, -0.2) is 41.8 Å². The van der Waals surface area contributed by atoms with E-state index in [4.69, 9.17) is 4.74 Å². The fourth-order valence-corrected chi connectivity index (χ4v) is 4.65. The molecule has 0 heterocycles. The molecule has 0 saturated carbocycles. The van der Waals surface area contributed by atoms with Gasteiger partial charge < -0.3 is 20.5 Å². The highest BCUT2D eigenvalue weighted by Crippen LogP contribution is 2.44. The minimum absolute atomic E-state index is 0.0648. The largest absolute Gasteiger partial charge is 0.481 e. The molecule has 3 rings (SSSR count). The summed E-state index contributed by atoms with van der Waals surface area (Å²) in [5, 5.41) is 14.7. The standard InChI is InChI=1S/C28H36N2O5/c1-3-5-11-19(17-26(31)32)29-27(33)25(16-6-4-2)30-28(34)35-18-24-22-14-9-7-12-20(22)21-13-8-10-15-23(21)24/h7-10,12-15,19,24-25H,3-6,11,16-18H2,1-2H3,(H,29,33)(H,30,34)(H,31,32)/t19-,25-/m0/s1. The zero-order chi connectivity index (χ0) is 25.2. The second-order valence-electron chi connectivity index (χ2n) is 9.11. The van der Waals surface area contributed by atoms with Crippen LogP contribution in [0, 0.1) is 0 Å². The molecule has 0 radical (unpaired) electrons. The molecule has 0 fully saturated rings. The summed E-state index contributed by atoms with van der Waals surface area (Å²) >= 11 is 0. The zero-order valence-electron chi connectivity index (χ0n) is 20.6. The van der Waals surface area contributed by atoms with E-state index in [2.05, 4.69) is 34.9 Å². The van der Waals surface area contributed by atoms with Crippen LogP contribution in [0.15, 0.2) is 48.5 Å². The smallest absolute Gasteiger partial charge is 0.407 e. The molecule has 7 nitrogen and oxygen atoms in total. The number of unbranched alkanes of at least 4 members (excludes halogenated alkanes) is 2. The lowest BCUT2D eigenvalue weighted by atomic mass is 9.98. The van der Waals surface area contributed by atoms with E-state index >= 15 is 0 Å². The Kier molecular flexibility index (Phi) is 9.70. The Morgan fingerprint density at radius 2 is 1.46 bits per heavy atom. The Hall–Kier alpha value is -3.35. The molecule has 0 aromatic heterocycles. The van der Waals surface area contributed by atoms with E-state index in [-0.39, 0.29) is 24.9 Å². The van der Waals surface area contributed by atoms with Crippen molar-refractivity contribution in [2.24, 2.45) is 0 Å². The van der Waals surface area contributed by atoms with Gasteiger partial charge in [-0.3, -0.25) is 9.59 Å². The molecule has 0 spiro atoms. The molecule has 0 aliphatic heterocycles. The van der Waals surface area contributed by atoms with Crippen LogP contribution in [0.2, 0.25) is 0 Å². The lowest BCUT2D eigenvalue weighted by Crippen LogP contribution is -2.50. The molecule has 0 saturated heterocycles. The molecule has 1 aliphatic rings. The van der Waals surface area contributed by atoms with E-state index in [0.29, 0.717) is 12.8 Å². The van der Waals surface area contributed by atoms with Crippen molar-refractivity contribution in [2.75, 3.05) is 6.61 Å². The molecule has 2 amide bonds. The van der Waals surface area contributed by atoms with Gasteiger partial charge in [0.05, 0.1) is 6.42 Å². The number of carboxylic acids is 1. The van der Waals surface area contributed by atoms with Gasteiger partial charge in [-0.2, -0.15) is 0 Å². The number of fused-ring (bicyclic) bond motifs is 3. The monoisotopic (exact) mass is 480 g/mol. The quantitative estimate of drug-likeness (QED) is 0.364. The first-order valence-electron chi connectivity index (χ1n) is 12.6. The van der Waals surface area contributed by atoms with Gasteiger partial charge in [-0.1, -0.05) is 88.1 Å². The molecule has 188 valence electrons. The lowest BCUT2D eigenvalue weighted by molar-refractivity contribution is -0.137. The number of aliphatic carboxylic acids is 1. The van der Waals surface area contributed by atoms with E-state index < -0.39 is 24.1 Å². The Morgan fingerprint density at radius 3 is 2.03 bits per heavy atom. The van der Waals surface area contributed by atoms with Crippen LogP contribution in [-0.2, 0) is 14.3 Å². The third kappa shape index (κ3) is 7.07. The van der Waals surface area contributed by atoms with Gasteiger partial charge in [-0.25, -0.2) is 4.79 Å². The number of carboxylic acid groups (broad SMARTS) is 1. The topological polar surface area (TPSA) is 105 Å². The number of carbonyl (C=O) groups excluding carboxylic acids is 2. The SMILES string of the molecule is CCCC[C@@H](CC(=O)O)NC(=O)[C@H](CCCC)NC(=O)OCC1c2ccccc2-c2ccccc21. The zero-order valence-corrected chi connectivity index (χ0v) is 20.6. The number of hydrogen-bond acceptors (Lipinski definition) is 4. The number of benzene rings is 2. The number of rotatable bonds is 13. The average Bonchev–Trinajstić information content (AvgIpc) is 3.17. The molecule has 2 aromatic rings. The summed E-state index contributed by atoms with van der Waals surface area (Å²) in [5.74, 6) is -1.39. The van der Waals surface area contributed by atoms with Gasteiger partial charge in [0.2, 0.25) is 5.91 Å². The molecule has 0 bridgehead atoms. The number of carbonyl (C=O) groups is 3. The summed E-state index contributed by atoms with van der Waals surface area (Å²) in [6.07, 6.45) is 3.59. The summed E-state index contributed by atoms with van der Waals surface area (Å²) in [5.41, 5.74) is 4.53. The average molecular weight is 481 g/mol. The number of ether oxygens (including phenoxy) is 1.